The minimum atomic E-state index is -0.617. The smallest absolute Gasteiger partial charge is 0.412 e. The molecule has 150 valence electrons. The molecule has 2 aromatic carbocycles. The Labute approximate surface area is 164 Å². The van der Waals surface area contributed by atoms with Crippen LogP contribution >= 0.6 is 0 Å². The largest absolute Gasteiger partial charge is 0.493 e. The van der Waals surface area contributed by atoms with Gasteiger partial charge in [-0.05, 0) is 45.0 Å². The fraction of sp³-hybridized carbons (Fsp3) is 0.333. The standard InChI is InChI=1S/C21H25NO6/c1-21(2,3)28-20(24)22-15-9-7-8-13(10-15)18(23)14-11-16(25-4)19(27-6)17(12-14)26-5/h7-12H,1-6H3,(H,22,24). The molecule has 28 heavy (non-hydrogen) atoms. The Bertz CT molecular complexity index is 844. The van der Waals surface area contributed by atoms with E-state index in [4.69, 9.17) is 18.9 Å². The van der Waals surface area contributed by atoms with Crippen LogP contribution in [0.3, 0.4) is 0 Å². The van der Waals surface area contributed by atoms with Crippen molar-refractivity contribution in [3.05, 3.63) is 47.5 Å². The van der Waals surface area contributed by atoms with E-state index in [1.807, 2.05) is 0 Å². The number of hydrogen-bond acceptors (Lipinski definition) is 6. The average molecular weight is 387 g/mol. The number of hydrogen-bond donors (Lipinski definition) is 1. The number of ether oxygens (including phenoxy) is 4. The normalized spacial score (nSPS) is 10.8. The van der Waals surface area contributed by atoms with Gasteiger partial charge in [-0.1, -0.05) is 12.1 Å². The molecule has 2 aromatic rings. The number of anilines is 1. The Morgan fingerprint density at radius 3 is 1.96 bits per heavy atom. The molecule has 0 spiro atoms. The van der Waals surface area contributed by atoms with E-state index in [9.17, 15) is 9.59 Å². The van der Waals surface area contributed by atoms with Crippen molar-refractivity contribution in [1.82, 2.24) is 0 Å². The summed E-state index contributed by atoms with van der Waals surface area (Å²) in [6.07, 6.45) is -0.593. The summed E-state index contributed by atoms with van der Waals surface area (Å²) >= 11 is 0. The molecule has 0 saturated heterocycles. The van der Waals surface area contributed by atoms with Gasteiger partial charge in [0, 0.05) is 16.8 Å². The number of ketones is 1. The molecule has 7 nitrogen and oxygen atoms in total. The molecule has 0 unspecified atom stereocenters. The predicted molar refractivity (Wildman–Crippen MR) is 106 cm³/mol. The number of rotatable bonds is 6. The van der Waals surface area contributed by atoms with Crippen LogP contribution in [0.2, 0.25) is 0 Å². The predicted octanol–water partition coefficient (Wildman–Crippen LogP) is 4.29. The van der Waals surface area contributed by atoms with E-state index >= 15 is 0 Å². The van der Waals surface area contributed by atoms with Crippen molar-refractivity contribution in [3.63, 3.8) is 0 Å². The molecule has 7 heteroatoms. The maximum Gasteiger partial charge on any atom is 0.412 e. The summed E-state index contributed by atoms with van der Waals surface area (Å²) in [4.78, 5) is 24.9. The Morgan fingerprint density at radius 2 is 1.46 bits per heavy atom. The zero-order valence-electron chi connectivity index (χ0n) is 16.9. The van der Waals surface area contributed by atoms with Crippen LogP contribution in [-0.4, -0.2) is 38.8 Å². The van der Waals surface area contributed by atoms with Gasteiger partial charge in [0.1, 0.15) is 5.60 Å². The van der Waals surface area contributed by atoms with E-state index in [1.54, 1.807) is 57.2 Å². The van der Waals surface area contributed by atoms with Gasteiger partial charge >= 0.3 is 6.09 Å². The highest BCUT2D eigenvalue weighted by Gasteiger charge is 2.19. The summed E-state index contributed by atoms with van der Waals surface area (Å²) in [7, 11) is 4.46. The van der Waals surface area contributed by atoms with Crippen LogP contribution in [0.15, 0.2) is 36.4 Å². The average Bonchev–Trinajstić information content (AvgIpc) is 2.64. The van der Waals surface area contributed by atoms with Crippen molar-refractivity contribution in [2.24, 2.45) is 0 Å². The summed E-state index contributed by atoms with van der Waals surface area (Å²) < 4.78 is 21.1. The Kier molecular flexibility index (Phi) is 6.51. The van der Waals surface area contributed by atoms with Crippen LogP contribution in [0.5, 0.6) is 17.2 Å². The molecule has 0 aromatic heterocycles. The first-order valence-electron chi connectivity index (χ1n) is 8.63. The third-order valence-electron chi connectivity index (χ3n) is 3.70. The summed E-state index contributed by atoms with van der Waals surface area (Å²) in [5.41, 5.74) is 0.590. The summed E-state index contributed by atoms with van der Waals surface area (Å²) in [5.74, 6) is 0.912. The summed E-state index contributed by atoms with van der Waals surface area (Å²) in [6.45, 7) is 5.32. The van der Waals surface area contributed by atoms with E-state index in [-0.39, 0.29) is 5.78 Å². The van der Waals surface area contributed by atoms with Crippen molar-refractivity contribution >= 4 is 17.6 Å². The number of nitrogens with one attached hydrogen (secondary N) is 1. The molecule has 0 atom stereocenters. The maximum absolute atomic E-state index is 13.0. The highest BCUT2D eigenvalue weighted by Crippen LogP contribution is 2.38. The minimum Gasteiger partial charge on any atom is -0.493 e. The lowest BCUT2D eigenvalue weighted by Gasteiger charge is -2.19. The zero-order chi connectivity index (χ0) is 20.9. The first-order valence-corrected chi connectivity index (χ1v) is 8.63. The van der Waals surface area contributed by atoms with Crippen LogP contribution in [0.1, 0.15) is 36.7 Å². The first kappa shape index (κ1) is 21.1. The lowest BCUT2D eigenvalue weighted by atomic mass is 10.0. The first-order chi connectivity index (χ1) is 13.2. The van der Waals surface area contributed by atoms with Crippen LogP contribution < -0.4 is 19.5 Å². The van der Waals surface area contributed by atoms with E-state index in [2.05, 4.69) is 5.32 Å². The second kappa shape index (κ2) is 8.65. The van der Waals surface area contributed by atoms with Gasteiger partial charge in [-0.2, -0.15) is 0 Å². The number of amides is 1. The number of carbonyl (C=O) groups excluding carboxylic acids is 2. The van der Waals surface area contributed by atoms with Crippen LogP contribution in [0.4, 0.5) is 10.5 Å². The molecule has 0 aliphatic carbocycles. The fourth-order valence-electron chi connectivity index (χ4n) is 2.54. The topological polar surface area (TPSA) is 83.1 Å². The van der Waals surface area contributed by atoms with E-state index < -0.39 is 11.7 Å². The number of benzene rings is 2. The second-order valence-electron chi connectivity index (χ2n) is 6.95. The molecule has 2 rings (SSSR count). The molecule has 0 aliphatic rings. The van der Waals surface area contributed by atoms with E-state index in [0.717, 1.165) is 0 Å². The van der Waals surface area contributed by atoms with Gasteiger partial charge in [-0.15, -0.1) is 0 Å². The van der Waals surface area contributed by atoms with Gasteiger partial charge in [0.15, 0.2) is 17.3 Å². The highest BCUT2D eigenvalue weighted by molar-refractivity contribution is 6.10. The molecule has 0 heterocycles. The molecular weight excluding hydrogens is 362 g/mol. The van der Waals surface area contributed by atoms with Crippen molar-refractivity contribution in [3.8, 4) is 17.2 Å². The van der Waals surface area contributed by atoms with Gasteiger partial charge in [0.2, 0.25) is 5.75 Å². The summed E-state index contributed by atoms with van der Waals surface area (Å²) in [6, 6.07) is 9.75. The Morgan fingerprint density at radius 1 is 0.857 bits per heavy atom. The second-order valence-corrected chi connectivity index (χ2v) is 6.95. The molecule has 0 aliphatic heterocycles. The third kappa shape index (κ3) is 5.16. The van der Waals surface area contributed by atoms with Gasteiger partial charge < -0.3 is 18.9 Å². The van der Waals surface area contributed by atoms with E-state index in [0.29, 0.717) is 34.1 Å². The minimum absolute atomic E-state index is 0.257. The SMILES string of the molecule is COc1cc(C(=O)c2cccc(NC(=O)OC(C)(C)C)c2)cc(OC)c1OC. The zero-order valence-corrected chi connectivity index (χ0v) is 16.9. The molecule has 0 radical (unpaired) electrons. The molecule has 1 N–H and O–H groups in total. The van der Waals surface area contributed by atoms with Crippen LogP contribution in [0, 0.1) is 0 Å². The molecule has 1 amide bonds. The maximum atomic E-state index is 13.0. The van der Waals surface area contributed by atoms with Crippen molar-refractivity contribution in [2.45, 2.75) is 26.4 Å². The highest BCUT2D eigenvalue weighted by atomic mass is 16.6. The van der Waals surface area contributed by atoms with Gasteiger partial charge in [0.05, 0.1) is 21.3 Å². The van der Waals surface area contributed by atoms with Crippen LogP contribution in [-0.2, 0) is 4.74 Å². The Balaban J connectivity index is 2.31. The monoisotopic (exact) mass is 387 g/mol. The van der Waals surface area contributed by atoms with Crippen LogP contribution in [0.25, 0.3) is 0 Å². The number of carbonyl (C=O) groups is 2. The lowest BCUT2D eigenvalue weighted by Crippen LogP contribution is -2.27. The molecule has 0 saturated carbocycles. The van der Waals surface area contributed by atoms with E-state index in [1.165, 1.54) is 21.3 Å². The summed E-state index contributed by atoms with van der Waals surface area (Å²) in [5, 5.41) is 2.63. The van der Waals surface area contributed by atoms with Crippen molar-refractivity contribution < 1.29 is 28.5 Å². The van der Waals surface area contributed by atoms with Crippen molar-refractivity contribution in [1.29, 1.82) is 0 Å². The van der Waals surface area contributed by atoms with Crippen molar-refractivity contribution in [2.75, 3.05) is 26.6 Å². The number of methoxy groups -OCH3 is 3. The van der Waals surface area contributed by atoms with Gasteiger partial charge in [0.25, 0.3) is 0 Å². The molecule has 0 bridgehead atoms. The van der Waals surface area contributed by atoms with Gasteiger partial charge in [-0.25, -0.2) is 4.79 Å². The third-order valence-corrected chi connectivity index (χ3v) is 3.70. The molecular formula is C21H25NO6. The Hall–Kier alpha value is -3.22. The fourth-order valence-corrected chi connectivity index (χ4v) is 2.54. The lowest BCUT2D eigenvalue weighted by molar-refractivity contribution is 0.0635. The molecule has 0 fully saturated rings. The van der Waals surface area contributed by atoms with Gasteiger partial charge in [-0.3, -0.25) is 10.1 Å². The quantitative estimate of drug-likeness (QED) is 0.745.